The summed E-state index contributed by atoms with van der Waals surface area (Å²) in [6.45, 7) is 5.45. The third kappa shape index (κ3) is 4.71. The van der Waals surface area contributed by atoms with Crippen molar-refractivity contribution in [2.45, 2.75) is 63.6 Å². The van der Waals surface area contributed by atoms with E-state index in [9.17, 15) is 30.0 Å². The zero-order chi connectivity index (χ0) is 16.1. The number of aliphatic hydroxyl groups excluding tert-OH is 4. The fraction of sp³-hybridized carbons (Fsp3) is 0.833. The molecule has 118 valence electrons. The highest BCUT2D eigenvalue weighted by Crippen LogP contribution is 2.15. The van der Waals surface area contributed by atoms with Crippen molar-refractivity contribution in [1.29, 1.82) is 0 Å². The van der Waals surface area contributed by atoms with Crippen LogP contribution in [-0.2, 0) is 9.59 Å². The lowest BCUT2D eigenvalue weighted by Gasteiger charge is -2.31. The Kier molecular flexibility index (Phi) is 7.07. The molecule has 0 fully saturated rings. The summed E-state index contributed by atoms with van der Waals surface area (Å²) >= 11 is 0. The first-order valence-corrected chi connectivity index (χ1v) is 6.43. The number of carbonyl (C=O) groups is 2. The lowest BCUT2D eigenvalue weighted by atomic mass is 9.94. The van der Waals surface area contributed by atoms with Crippen LogP contribution in [0.2, 0.25) is 0 Å². The molecule has 4 atom stereocenters. The van der Waals surface area contributed by atoms with Gasteiger partial charge in [-0.3, -0.25) is 9.59 Å². The van der Waals surface area contributed by atoms with Crippen LogP contribution in [0.1, 0.15) is 33.6 Å². The molecule has 0 saturated heterocycles. The van der Waals surface area contributed by atoms with Crippen molar-refractivity contribution in [2.24, 2.45) is 5.73 Å². The molecule has 0 aromatic rings. The summed E-state index contributed by atoms with van der Waals surface area (Å²) in [6.07, 6.45) is -6.94. The van der Waals surface area contributed by atoms with Crippen molar-refractivity contribution < 1.29 is 30.0 Å². The van der Waals surface area contributed by atoms with Crippen LogP contribution in [0, 0.1) is 0 Å². The number of rotatable bonds is 8. The average Bonchev–Trinajstić information content (AvgIpc) is 2.43. The maximum absolute atomic E-state index is 11.8. The molecule has 0 radical (unpaired) electrons. The van der Waals surface area contributed by atoms with Gasteiger partial charge in [0.05, 0.1) is 0 Å². The first-order chi connectivity index (χ1) is 9.09. The highest BCUT2D eigenvalue weighted by molar-refractivity contribution is 5.83. The van der Waals surface area contributed by atoms with Gasteiger partial charge in [0.2, 0.25) is 5.91 Å². The number of hydrogen-bond acceptors (Lipinski definition) is 6. The molecule has 20 heavy (non-hydrogen) atoms. The van der Waals surface area contributed by atoms with E-state index in [1.807, 2.05) is 13.8 Å². The first kappa shape index (κ1) is 18.8. The molecule has 8 heteroatoms. The highest BCUT2D eigenvalue weighted by atomic mass is 16.4. The summed E-state index contributed by atoms with van der Waals surface area (Å²) in [7, 11) is 0. The number of carbonyl (C=O) groups excluding carboxylic acids is 2. The molecule has 0 bridgehead atoms. The van der Waals surface area contributed by atoms with Gasteiger partial charge in [-0.05, 0) is 19.8 Å². The molecule has 0 spiro atoms. The molecule has 0 saturated carbocycles. The molecule has 2 amide bonds. The Bertz CT molecular complexity index is 345. The van der Waals surface area contributed by atoms with Gasteiger partial charge in [0.15, 0.2) is 12.2 Å². The van der Waals surface area contributed by atoms with Crippen LogP contribution in [0.5, 0.6) is 0 Å². The number of nitrogens with two attached hydrogens (primary N) is 1. The van der Waals surface area contributed by atoms with E-state index in [2.05, 4.69) is 5.32 Å². The van der Waals surface area contributed by atoms with E-state index in [0.29, 0.717) is 12.8 Å². The summed E-state index contributed by atoms with van der Waals surface area (Å²) < 4.78 is 0. The van der Waals surface area contributed by atoms with E-state index in [-0.39, 0.29) is 0 Å². The molecule has 0 aliphatic carbocycles. The van der Waals surface area contributed by atoms with Crippen LogP contribution >= 0.6 is 0 Å². The SMILES string of the molecule is CCC(C)(CC)NC(=O)[C@H](O)[C@@H](O)[C@@H](O)[C@H](O)C(N)=O. The normalized spacial score (nSPS) is 17.9. The van der Waals surface area contributed by atoms with Crippen LogP contribution in [0.4, 0.5) is 0 Å². The van der Waals surface area contributed by atoms with Crippen LogP contribution in [0.3, 0.4) is 0 Å². The molecule has 0 aromatic heterocycles. The quantitative estimate of drug-likeness (QED) is 0.293. The van der Waals surface area contributed by atoms with Gasteiger partial charge in [-0.15, -0.1) is 0 Å². The Hall–Kier alpha value is -1.22. The summed E-state index contributed by atoms with van der Waals surface area (Å²) in [5.74, 6) is -2.17. The molecule has 0 aromatic carbocycles. The highest BCUT2D eigenvalue weighted by Gasteiger charge is 2.38. The third-order valence-corrected chi connectivity index (χ3v) is 3.54. The zero-order valence-electron chi connectivity index (χ0n) is 11.9. The lowest BCUT2D eigenvalue weighted by Crippen LogP contribution is -2.57. The Balaban J connectivity index is 4.77. The standard InChI is InChI=1S/C12H24N2O6/c1-4-12(3,5-2)14-11(20)9(18)7(16)6(15)8(17)10(13)19/h6-9,15-18H,4-5H2,1-3H3,(H2,13,19)(H,14,20)/t6-,7+,8+,9-/m1/s1. The predicted molar refractivity (Wildman–Crippen MR) is 70.4 cm³/mol. The zero-order valence-corrected chi connectivity index (χ0v) is 11.9. The van der Waals surface area contributed by atoms with E-state index in [1.165, 1.54) is 0 Å². The monoisotopic (exact) mass is 292 g/mol. The Labute approximate surface area is 117 Å². The largest absolute Gasteiger partial charge is 0.387 e. The number of primary amides is 1. The fourth-order valence-electron chi connectivity index (χ4n) is 1.50. The predicted octanol–water partition coefficient (Wildman–Crippen LogP) is -2.39. The van der Waals surface area contributed by atoms with Crippen LogP contribution < -0.4 is 11.1 Å². The molecule has 8 nitrogen and oxygen atoms in total. The summed E-state index contributed by atoms with van der Waals surface area (Å²) in [5, 5.41) is 40.4. The lowest BCUT2D eigenvalue weighted by molar-refractivity contribution is -0.155. The third-order valence-electron chi connectivity index (χ3n) is 3.54. The van der Waals surface area contributed by atoms with Gasteiger partial charge < -0.3 is 31.5 Å². The summed E-state index contributed by atoms with van der Waals surface area (Å²) in [4.78, 5) is 22.5. The second-order valence-corrected chi connectivity index (χ2v) is 5.03. The first-order valence-electron chi connectivity index (χ1n) is 6.43. The van der Waals surface area contributed by atoms with Gasteiger partial charge in [-0.1, -0.05) is 13.8 Å². The molecule has 0 unspecified atom stereocenters. The van der Waals surface area contributed by atoms with Crippen LogP contribution in [0.25, 0.3) is 0 Å². The van der Waals surface area contributed by atoms with Gasteiger partial charge in [-0.2, -0.15) is 0 Å². The molecule has 7 N–H and O–H groups in total. The number of amides is 2. The Morgan fingerprint density at radius 1 is 1.05 bits per heavy atom. The minimum absolute atomic E-state index is 0.564. The Morgan fingerprint density at radius 3 is 1.80 bits per heavy atom. The topological polar surface area (TPSA) is 153 Å². The second-order valence-electron chi connectivity index (χ2n) is 5.03. The fourth-order valence-corrected chi connectivity index (χ4v) is 1.50. The number of hydrogen-bond donors (Lipinski definition) is 6. The second kappa shape index (κ2) is 7.53. The summed E-state index contributed by atoms with van der Waals surface area (Å²) in [6, 6.07) is 0. The minimum atomic E-state index is -2.07. The van der Waals surface area contributed by atoms with Crippen LogP contribution in [-0.4, -0.2) is 62.2 Å². The molecule has 0 rings (SSSR count). The van der Waals surface area contributed by atoms with Crippen LogP contribution in [0.15, 0.2) is 0 Å². The van der Waals surface area contributed by atoms with Crippen molar-refractivity contribution in [2.75, 3.05) is 0 Å². The summed E-state index contributed by atoms with van der Waals surface area (Å²) in [5.41, 5.74) is 4.19. The number of aliphatic hydroxyl groups is 4. The van der Waals surface area contributed by atoms with E-state index in [1.54, 1.807) is 6.92 Å². The van der Waals surface area contributed by atoms with Gasteiger partial charge in [0, 0.05) is 5.54 Å². The van der Waals surface area contributed by atoms with Gasteiger partial charge in [0.25, 0.3) is 5.91 Å². The average molecular weight is 292 g/mol. The number of nitrogens with one attached hydrogen (secondary N) is 1. The van der Waals surface area contributed by atoms with Crippen molar-refractivity contribution in [3.8, 4) is 0 Å². The molecular formula is C12H24N2O6. The smallest absolute Gasteiger partial charge is 0.252 e. The maximum atomic E-state index is 11.8. The van der Waals surface area contributed by atoms with Crippen molar-refractivity contribution >= 4 is 11.8 Å². The maximum Gasteiger partial charge on any atom is 0.252 e. The van der Waals surface area contributed by atoms with E-state index < -0.39 is 41.8 Å². The van der Waals surface area contributed by atoms with Gasteiger partial charge in [0.1, 0.15) is 12.2 Å². The van der Waals surface area contributed by atoms with E-state index in [4.69, 9.17) is 5.73 Å². The van der Waals surface area contributed by atoms with Crippen molar-refractivity contribution in [1.82, 2.24) is 5.32 Å². The Morgan fingerprint density at radius 2 is 1.45 bits per heavy atom. The molecular weight excluding hydrogens is 268 g/mol. The van der Waals surface area contributed by atoms with Gasteiger partial charge in [-0.25, -0.2) is 0 Å². The molecule has 0 aliphatic rings. The molecule has 0 heterocycles. The van der Waals surface area contributed by atoms with E-state index >= 15 is 0 Å². The van der Waals surface area contributed by atoms with E-state index in [0.717, 1.165) is 0 Å². The molecule has 0 aliphatic heterocycles. The minimum Gasteiger partial charge on any atom is -0.387 e. The van der Waals surface area contributed by atoms with Gasteiger partial charge >= 0.3 is 0 Å². The van der Waals surface area contributed by atoms with Crippen molar-refractivity contribution in [3.63, 3.8) is 0 Å². The van der Waals surface area contributed by atoms with Crippen molar-refractivity contribution in [3.05, 3.63) is 0 Å².